The summed E-state index contributed by atoms with van der Waals surface area (Å²) in [5.41, 5.74) is 0. The molecule has 0 atom stereocenters. The summed E-state index contributed by atoms with van der Waals surface area (Å²) in [6, 6.07) is 0. The molecule has 0 aromatic heterocycles. The van der Waals surface area contributed by atoms with Crippen LogP contribution in [-0.4, -0.2) is 18.5 Å². The number of hydrogen-bond acceptors (Lipinski definition) is 0. The second-order valence-electron chi connectivity index (χ2n) is 4.26. The Morgan fingerprint density at radius 2 is 1.00 bits per heavy atom. The second kappa shape index (κ2) is 11.7. The molecule has 0 N–H and O–H groups in total. The average Bonchev–Trinajstić information content (AvgIpc) is 2.21. The molecule has 0 aliphatic carbocycles. The monoisotopic (exact) mass is 300 g/mol. The van der Waals surface area contributed by atoms with Gasteiger partial charge >= 0.3 is 0 Å². The predicted molar refractivity (Wildman–Crippen MR) is 72.1 cm³/mol. The van der Waals surface area contributed by atoms with E-state index in [-0.39, 0.29) is 17.1 Å². The molecular weight excluding hydrogens is 274 g/mol. The van der Waals surface area contributed by atoms with Gasteiger partial charge in [0.15, 0.2) is 0 Å². The van der Waals surface area contributed by atoms with E-state index in [1.54, 1.807) is 0 Å². The van der Waals surface area contributed by atoms with Gasteiger partial charge in [-0.05, 0) is 19.3 Å². The van der Waals surface area contributed by atoms with Gasteiger partial charge in [0.2, 0.25) is 0 Å². The molecule has 0 aromatic rings. The van der Waals surface area contributed by atoms with E-state index < -0.39 is 6.62 Å². The Morgan fingerprint density at radius 1 is 0.733 bits per heavy atom. The van der Waals surface area contributed by atoms with Crippen molar-refractivity contribution in [2.75, 3.05) is 18.5 Å². The maximum atomic E-state index is 6.79. The van der Waals surface area contributed by atoms with Crippen LogP contribution in [-0.2, 0) is 17.1 Å². The first-order chi connectivity index (χ1) is 6.68. The zero-order chi connectivity index (χ0) is 10.9. The molecule has 0 bridgehead atoms. The molecule has 0 nitrogen and oxygen atoms in total. The molecule has 0 rings (SSSR count). The first kappa shape index (κ1) is 18.6. The Bertz CT molecular complexity index is 109. The van der Waals surface area contributed by atoms with Gasteiger partial charge in [-0.2, -0.15) is 0 Å². The van der Waals surface area contributed by atoms with Crippen molar-refractivity contribution in [1.29, 1.82) is 0 Å². The predicted octanol–water partition coefficient (Wildman–Crippen LogP) is 5.56. The molecule has 0 spiro atoms. The quantitative estimate of drug-likeness (QED) is 0.386. The Hall–Kier alpha value is 1.24. The Balaban J connectivity index is 0. The third kappa shape index (κ3) is 10.1. The minimum atomic E-state index is -1.05. The minimum absolute atomic E-state index is 0. The van der Waals surface area contributed by atoms with Crippen molar-refractivity contribution in [1.82, 2.24) is 0 Å². The molecule has 0 aromatic carbocycles. The van der Waals surface area contributed by atoms with Crippen LogP contribution in [0, 0.1) is 0 Å². The van der Waals surface area contributed by atoms with Gasteiger partial charge in [-0.3, -0.25) is 0 Å². The van der Waals surface area contributed by atoms with Crippen LogP contribution in [0.15, 0.2) is 0 Å². The molecule has 97 valence electrons. The summed E-state index contributed by atoms with van der Waals surface area (Å²) in [4.78, 5) is 0. The molecule has 0 aliphatic rings. The summed E-state index contributed by atoms with van der Waals surface area (Å²) >= 11 is 6.79. The minimum Gasteiger partial charge on any atom is -0.0652 e. The SMILES string of the molecule is CCCC[P+](Cl)(CCCC)CCCC.[Cu]. The van der Waals surface area contributed by atoms with Gasteiger partial charge in [-0.25, -0.2) is 0 Å². The van der Waals surface area contributed by atoms with Gasteiger partial charge in [-0.15, -0.1) is 0 Å². The molecule has 0 heterocycles. The first-order valence-electron chi connectivity index (χ1n) is 6.24. The van der Waals surface area contributed by atoms with Crippen molar-refractivity contribution >= 4 is 17.9 Å². The van der Waals surface area contributed by atoms with Crippen molar-refractivity contribution in [3.05, 3.63) is 0 Å². The topological polar surface area (TPSA) is 0 Å². The van der Waals surface area contributed by atoms with Crippen LogP contribution in [0.3, 0.4) is 0 Å². The fourth-order valence-corrected chi connectivity index (χ4v) is 6.06. The van der Waals surface area contributed by atoms with Gasteiger partial charge in [0.05, 0.1) is 29.7 Å². The molecule has 0 amide bonds. The molecule has 15 heavy (non-hydrogen) atoms. The van der Waals surface area contributed by atoms with E-state index in [0.717, 1.165) is 0 Å². The smallest absolute Gasteiger partial charge is 0.0652 e. The third-order valence-corrected chi connectivity index (χ3v) is 7.61. The van der Waals surface area contributed by atoms with Gasteiger partial charge in [0, 0.05) is 17.1 Å². The third-order valence-electron chi connectivity index (χ3n) is 2.74. The van der Waals surface area contributed by atoms with Crippen molar-refractivity contribution in [2.45, 2.75) is 59.3 Å². The second-order valence-corrected chi connectivity index (χ2v) is 9.81. The van der Waals surface area contributed by atoms with Crippen LogP contribution in [0.4, 0.5) is 0 Å². The number of halogens is 1. The summed E-state index contributed by atoms with van der Waals surface area (Å²) in [5.74, 6) is 0. The van der Waals surface area contributed by atoms with Crippen molar-refractivity contribution < 1.29 is 17.1 Å². The fourth-order valence-electron chi connectivity index (χ4n) is 1.66. The van der Waals surface area contributed by atoms with E-state index in [9.17, 15) is 0 Å². The molecular formula is C12H27ClCuP+. The first-order valence-corrected chi connectivity index (χ1v) is 9.49. The molecule has 3 heteroatoms. The summed E-state index contributed by atoms with van der Waals surface area (Å²) in [6.07, 6.45) is 11.9. The summed E-state index contributed by atoms with van der Waals surface area (Å²) in [7, 11) is 0. The molecule has 0 saturated carbocycles. The normalized spacial score (nSPS) is 11.2. The summed E-state index contributed by atoms with van der Waals surface area (Å²) in [6.45, 7) is 5.75. The Labute approximate surface area is 113 Å². The van der Waals surface area contributed by atoms with Crippen LogP contribution in [0.1, 0.15) is 59.3 Å². The maximum absolute atomic E-state index is 6.79. The van der Waals surface area contributed by atoms with Gasteiger partial charge in [0.1, 0.15) is 6.62 Å². The van der Waals surface area contributed by atoms with Crippen molar-refractivity contribution in [3.63, 3.8) is 0 Å². The number of hydrogen-bond donors (Lipinski definition) is 0. The van der Waals surface area contributed by atoms with Crippen LogP contribution >= 0.6 is 17.9 Å². The standard InChI is InChI=1S/C12H27ClP.Cu/c1-4-7-10-14(13,11-8-5-2)12-9-6-3;/h4-12H2,1-3H3;/q+1;. The van der Waals surface area contributed by atoms with Crippen molar-refractivity contribution in [2.24, 2.45) is 0 Å². The largest absolute Gasteiger partial charge is 0.113 e. The molecule has 0 saturated heterocycles. The number of rotatable bonds is 9. The van der Waals surface area contributed by atoms with E-state index in [2.05, 4.69) is 20.8 Å². The fraction of sp³-hybridized carbons (Fsp3) is 1.00. The van der Waals surface area contributed by atoms with Gasteiger partial charge in [0.25, 0.3) is 0 Å². The van der Waals surface area contributed by atoms with Gasteiger partial charge < -0.3 is 0 Å². The summed E-state index contributed by atoms with van der Waals surface area (Å²) in [5, 5.41) is 0. The summed E-state index contributed by atoms with van der Waals surface area (Å²) < 4.78 is 0. The zero-order valence-corrected chi connectivity index (χ0v) is 13.1. The van der Waals surface area contributed by atoms with Gasteiger partial charge in [-0.1, -0.05) is 40.0 Å². The molecule has 0 aliphatic heterocycles. The number of unbranched alkanes of at least 4 members (excludes halogenated alkanes) is 3. The van der Waals surface area contributed by atoms with E-state index in [1.165, 1.54) is 57.0 Å². The molecule has 0 unspecified atom stereocenters. The van der Waals surface area contributed by atoms with E-state index >= 15 is 0 Å². The van der Waals surface area contributed by atoms with Crippen LogP contribution < -0.4 is 0 Å². The van der Waals surface area contributed by atoms with E-state index in [4.69, 9.17) is 11.2 Å². The zero-order valence-electron chi connectivity index (χ0n) is 10.5. The van der Waals surface area contributed by atoms with Crippen LogP contribution in [0.2, 0.25) is 0 Å². The molecule has 0 fully saturated rings. The van der Waals surface area contributed by atoms with Crippen LogP contribution in [0.25, 0.3) is 0 Å². The average molecular weight is 301 g/mol. The Kier molecular flexibility index (Phi) is 14.5. The Morgan fingerprint density at radius 3 is 1.20 bits per heavy atom. The van der Waals surface area contributed by atoms with E-state index in [0.29, 0.717) is 0 Å². The maximum Gasteiger partial charge on any atom is 0.113 e. The van der Waals surface area contributed by atoms with Crippen LogP contribution in [0.5, 0.6) is 0 Å². The molecule has 1 radical (unpaired) electrons. The van der Waals surface area contributed by atoms with Crippen molar-refractivity contribution in [3.8, 4) is 0 Å². The van der Waals surface area contributed by atoms with E-state index in [1.807, 2.05) is 0 Å².